The number of carbonyl (C=O) groups is 2. The fraction of sp³-hybridized carbons (Fsp3) is 0.467. The zero-order valence-electron chi connectivity index (χ0n) is 12.3. The molecule has 0 aliphatic carbocycles. The molecule has 0 aliphatic rings. The van der Waals surface area contributed by atoms with Crippen molar-refractivity contribution in [3.05, 3.63) is 35.9 Å². The van der Waals surface area contributed by atoms with E-state index in [0.29, 0.717) is 6.42 Å². The molecular weight excluding hydrogens is 274 g/mol. The number of nitrogens with zero attached hydrogens (tertiary/aromatic N) is 1. The molecule has 0 unspecified atom stereocenters. The Bertz CT molecular complexity index is 449. The summed E-state index contributed by atoms with van der Waals surface area (Å²) in [6.07, 6.45) is -0.217. The summed E-state index contributed by atoms with van der Waals surface area (Å²) in [6.45, 7) is 1.80. The van der Waals surface area contributed by atoms with Crippen LogP contribution in [0.1, 0.15) is 18.9 Å². The van der Waals surface area contributed by atoms with Crippen LogP contribution in [0.15, 0.2) is 30.3 Å². The van der Waals surface area contributed by atoms with Crippen LogP contribution in [-0.4, -0.2) is 48.4 Å². The lowest BCUT2D eigenvalue weighted by Gasteiger charge is -2.22. The van der Waals surface area contributed by atoms with Gasteiger partial charge in [-0.15, -0.1) is 0 Å². The minimum atomic E-state index is -0.744. The van der Waals surface area contributed by atoms with Gasteiger partial charge in [0.1, 0.15) is 12.6 Å². The van der Waals surface area contributed by atoms with E-state index in [1.807, 2.05) is 30.3 Å². The monoisotopic (exact) mass is 295 g/mol. The SMILES string of the molecule is C[C@H](C(=O)OCCCO)N(C)C(=O)OCc1ccccc1. The Hall–Kier alpha value is -2.08. The van der Waals surface area contributed by atoms with Gasteiger partial charge in [-0.05, 0) is 12.5 Å². The molecule has 1 N–H and O–H groups in total. The Morgan fingerprint density at radius 3 is 2.52 bits per heavy atom. The first-order valence-electron chi connectivity index (χ1n) is 6.77. The summed E-state index contributed by atoms with van der Waals surface area (Å²) in [5, 5.41) is 8.62. The maximum absolute atomic E-state index is 11.8. The number of carbonyl (C=O) groups excluding carboxylic acids is 2. The maximum atomic E-state index is 11.8. The van der Waals surface area contributed by atoms with Gasteiger partial charge >= 0.3 is 12.1 Å². The molecule has 0 bridgehead atoms. The zero-order chi connectivity index (χ0) is 15.7. The van der Waals surface area contributed by atoms with Gasteiger partial charge in [0, 0.05) is 20.1 Å². The van der Waals surface area contributed by atoms with Crippen molar-refractivity contribution in [2.75, 3.05) is 20.3 Å². The van der Waals surface area contributed by atoms with Crippen molar-refractivity contribution in [1.29, 1.82) is 0 Å². The average Bonchev–Trinajstić information content (AvgIpc) is 2.52. The normalized spacial score (nSPS) is 11.6. The van der Waals surface area contributed by atoms with E-state index in [2.05, 4.69) is 0 Å². The van der Waals surface area contributed by atoms with E-state index in [9.17, 15) is 9.59 Å². The Balaban J connectivity index is 2.40. The Kier molecular flexibility index (Phi) is 7.25. The smallest absolute Gasteiger partial charge is 0.410 e. The van der Waals surface area contributed by atoms with E-state index in [4.69, 9.17) is 14.6 Å². The number of esters is 1. The van der Waals surface area contributed by atoms with Gasteiger partial charge in [-0.1, -0.05) is 30.3 Å². The van der Waals surface area contributed by atoms with Gasteiger partial charge in [0.25, 0.3) is 0 Å². The van der Waals surface area contributed by atoms with Crippen molar-refractivity contribution in [2.24, 2.45) is 0 Å². The van der Waals surface area contributed by atoms with Crippen LogP contribution in [0.5, 0.6) is 0 Å². The van der Waals surface area contributed by atoms with Gasteiger partial charge in [-0.3, -0.25) is 4.90 Å². The Morgan fingerprint density at radius 1 is 1.24 bits per heavy atom. The molecule has 0 radical (unpaired) electrons. The molecule has 0 heterocycles. The highest BCUT2D eigenvalue weighted by molar-refractivity contribution is 5.80. The largest absolute Gasteiger partial charge is 0.464 e. The predicted octanol–water partition coefficient (Wildman–Crippen LogP) is 1.57. The molecule has 6 nitrogen and oxygen atoms in total. The van der Waals surface area contributed by atoms with Crippen molar-refractivity contribution in [2.45, 2.75) is 26.0 Å². The fourth-order valence-corrected chi connectivity index (χ4v) is 1.50. The highest BCUT2D eigenvalue weighted by Gasteiger charge is 2.24. The van der Waals surface area contributed by atoms with Crippen LogP contribution in [0, 0.1) is 0 Å². The average molecular weight is 295 g/mol. The van der Waals surface area contributed by atoms with Crippen LogP contribution in [0.25, 0.3) is 0 Å². The number of likely N-dealkylation sites (N-methyl/N-ethyl adjacent to an activating group) is 1. The highest BCUT2D eigenvalue weighted by atomic mass is 16.6. The second kappa shape index (κ2) is 8.97. The summed E-state index contributed by atoms with van der Waals surface area (Å²) in [4.78, 5) is 24.7. The summed E-state index contributed by atoms with van der Waals surface area (Å²) < 4.78 is 10.1. The lowest BCUT2D eigenvalue weighted by molar-refractivity contribution is -0.148. The second-order valence-electron chi connectivity index (χ2n) is 4.57. The molecule has 0 saturated heterocycles. The van der Waals surface area contributed by atoms with Gasteiger partial charge in [-0.25, -0.2) is 9.59 Å². The number of aliphatic hydroxyl groups excluding tert-OH is 1. The fourth-order valence-electron chi connectivity index (χ4n) is 1.50. The van der Waals surface area contributed by atoms with Gasteiger partial charge < -0.3 is 14.6 Å². The molecule has 0 aliphatic heterocycles. The van der Waals surface area contributed by atoms with Gasteiger partial charge in [-0.2, -0.15) is 0 Å². The number of hydrogen-bond acceptors (Lipinski definition) is 5. The van der Waals surface area contributed by atoms with Crippen LogP contribution in [-0.2, 0) is 20.9 Å². The van der Waals surface area contributed by atoms with Gasteiger partial charge in [0.2, 0.25) is 0 Å². The lowest BCUT2D eigenvalue weighted by atomic mass is 10.2. The van der Waals surface area contributed by atoms with Crippen molar-refractivity contribution in [3.63, 3.8) is 0 Å². The van der Waals surface area contributed by atoms with Crippen LogP contribution in [0.2, 0.25) is 0 Å². The van der Waals surface area contributed by atoms with E-state index >= 15 is 0 Å². The number of hydrogen-bond donors (Lipinski definition) is 1. The Morgan fingerprint density at radius 2 is 1.90 bits per heavy atom. The van der Waals surface area contributed by atoms with Gasteiger partial charge in [0.05, 0.1) is 6.61 Å². The van der Waals surface area contributed by atoms with E-state index in [-0.39, 0.29) is 19.8 Å². The molecule has 1 amide bonds. The minimum absolute atomic E-state index is 0.0450. The van der Waals surface area contributed by atoms with Crippen molar-refractivity contribution in [3.8, 4) is 0 Å². The first-order valence-corrected chi connectivity index (χ1v) is 6.77. The van der Waals surface area contributed by atoms with Crippen LogP contribution in [0.4, 0.5) is 4.79 Å². The summed E-state index contributed by atoms with van der Waals surface area (Å²) in [6, 6.07) is 8.54. The third kappa shape index (κ3) is 5.83. The lowest BCUT2D eigenvalue weighted by Crippen LogP contribution is -2.41. The third-order valence-electron chi connectivity index (χ3n) is 2.96. The maximum Gasteiger partial charge on any atom is 0.410 e. The molecule has 0 saturated carbocycles. The van der Waals surface area contributed by atoms with E-state index in [0.717, 1.165) is 5.56 Å². The molecule has 1 rings (SSSR count). The van der Waals surface area contributed by atoms with Crippen LogP contribution in [0.3, 0.4) is 0 Å². The third-order valence-corrected chi connectivity index (χ3v) is 2.96. The molecule has 21 heavy (non-hydrogen) atoms. The first-order chi connectivity index (χ1) is 10.1. The number of ether oxygens (including phenoxy) is 2. The molecule has 1 atom stereocenters. The van der Waals surface area contributed by atoms with Crippen LogP contribution < -0.4 is 0 Å². The number of rotatable bonds is 7. The molecule has 1 aromatic rings. The number of benzene rings is 1. The quantitative estimate of drug-likeness (QED) is 0.610. The molecule has 6 heteroatoms. The first kappa shape index (κ1) is 17.0. The summed E-state index contributed by atoms with van der Waals surface area (Å²) >= 11 is 0. The van der Waals surface area contributed by atoms with E-state index < -0.39 is 18.1 Å². The minimum Gasteiger partial charge on any atom is -0.464 e. The Labute approximate surface area is 124 Å². The highest BCUT2D eigenvalue weighted by Crippen LogP contribution is 2.06. The summed E-state index contributed by atoms with van der Waals surface area (Å²) in [7, 11) is 1.48. The molecule has 116 valence electrons. The number of aliphatic hydroxyl groups is 1. The van der Waals surface area contributed by atoms with Crippen molar-refractivity contribution < 1.29 is 24.2 Å². The predicted molar refractivity (Wildman–Crippen MR) is 76.5 cm³/mol. The zero-order valence-corrected chi connectivity index (χ0v) is 12.3. The molecule has 0 fully saturated rings. The standard InChI is InChI=1S/C15H21NO5/c1-12(14(18)20-10-6-9-17)16(2)15(19)21-11-13-7-4-3-5-8-13/h3-5,7-8,12,17H,6,9-11H2,1-2H3/t12-/m1/s1. The van der Waals surface area contributed by atoms with Crippen molar-refractivity contribution in [1.82, 2.24) is 4.90 Å². The van der Waals surface area contributed by atoms with Gasteiger partial charge in [0.15, 0.2) is 0 Å². The summed E-state index contributed by atoms with van der Waals surface area (Å²) in [5.41, 5.74) is 0.873. The van der Waals surface area contributed by atoms with E-state index in [1.165, 1.54) is 11.9 Å². The molecule has 1 aromatic carbocycles. The topological polar surface area (TPSA) is 76.1 Å². The van der Waals surface area contributed by atoms with E-state index in [1.54, 1.807) is 6.92 Å². The molecule has 0 spiro atoms. The number of amides is 1. The van der Waals surface area contributed by atoms with Crippen LogP contribution >= 0.6 is 0 Å². The summed E-state index contributed by atoms with van der Waals surface area (Å²) in [5.74, 6) is -0.525. The second-order valence-corrected chi connectivity index (χ2v) is 4.57. The molecule has 0 aromatic heterocycles. The van der Waals surface area contributed by atoms with Crippen molar-refractivity contribution >= 4 is 12.1 Å². The molecular formula is C15H21NO5.